The number of nitriles is 1. The lowest BCUT2D eigenvalue weighted by Crippen LogP contribution is -2.36. The van der Waals surface area contributed by atoms with Crippen molar-refractivity contribution in [2.75, 3.05) is 32.8 Å². The normalized spacial score (nSPS) is 24.2. The number of hydrogen-bond donors (Lipinski definition) is 0. The Morgan fingerprint density at radius 3 is 2.75 bits per heavy atom. The van der Waals surface area contributed by atoms with Crippen molar-refractivity contribution in [1.82, 2.24) is 9.80 Å². The van der Waals surface area contributed by atoms with Gasteiger partial charge in [-0.1, -0.05) is 12.1 Å². The number of carbonyl (C=O) groups excluding carboxylic acids is 1. The predicted octanol–water partition coefficient (Wildman–Crippen LogP) is 2.02. The summed E-state index contributed by atoms with van der Waals surface area (Å²) in [5.74, 6) is 0.365. The molecule has 0 spiro atoms. The highest BCUT2D eigenvalue weighted by atomic mass is 16.5. The Kier molecular flexibility index (Phi) is 5.49. The number of rotatable bonds is 5. The molecular formula is C19H25N3O2. The summed E-state index contributed by atoms with van der Waals surface area (Å²) in [5.41, 5.74) is 1.91. The first-order valence-electron chi connectivity index (χ1n) is 8.83. The summed E-state index contributed by atoms with van der Waals surface area (Å²) in [5, 5.41) is 8.86. The molecular weight excluding hydrogens is 302 g/mol. The third-order valence-corrected chi connectivity index (χ3v) is 4.82. The standard InChI is InChI=1S/C19H25N3O2/c1-2-24-18-12-17(18)19(23)22-9-3-8-21(10-11-22)14-16-6-4-15(13-20)5-7-16/h4-7,17-18H,2-3,8-12,14H2,1H3/t17-,18+/m1/s1. The summed E-state index contributed by atoms with van der Waals surface area (Å²) in [6.07, 6.45) is 2.05. The summed E-state index contributed by atoms with van der Waals surface area (Å²) in [7, 11) is 0. The van der Waals surface area contributed by atoms with Gasteiger partial charge in [-0.25, -0.2) is 0 Å². The van der Waals surface area contributed by atoms with Gasteiger partial charge in [0.15, 0.2) is 0 Å². The lowest BCUT2D eigenvalue weighted by molar-refractivity contribution is -0.133. The Hall–Kier alpha value is -1.90. The van der Waals surface area contributed by atoms with Crippen LogP contribution in [0.15, 0.2) is 24.3 Å². The first-order chi connectivity index (χ1) is 11.7. The van der Waals surface area contributed by atoms with E-state index >= 15 is 0 Å². The Morgan fingerprint density at radius 2 is 2.04 bits per heavy atom. The number of nitrogens with zero attached hydrogens (tertiary/aromatic N) is 3. The molecule has 0 unspecified atom stereocenters. The predicted molar refractivity (Wildman–Crippen MR) is 91.2 cm³/mol. The van der Waals surface area contributed by atoms with Crippen LogP contribution in [0.1, 0.15) is 30.9 Å². The number of benzene rings is 1. The third-order valence-electron chi connectivity index (χ3n) is 4.82. The number of carbonyl (C=O) groups is 1. The highest BCUT2D eigenvalue weighted by Gasteiger charge is 2.45. The van der Waals surface area contributed by atoms with Crippen LogP contribution in [0.5, 0.6) is 0 Å². The topological polar surface area (TPSA) is 56.6 Å². The van der Waals surface area contributed by atoms with Gasteiger partial charge in [-0.3, -0.25) is 9.69 Å². The minimum Gasteiger partial charge on any atom is -0.378 e. The smallest absolute Gasteiger partial charge is 0.228 e. The van der Waals surface area contributed by atoms with E-state index in [2.05, 4.69) is 11.0 Å². The number of ether oxygens (including phenoxy) is 1. The first kappa shape index (κ1) is 16.9. The zero-order valence-corrected chi connectivity index (χ0v) is 14.3. The van der Waals surface area contributed by atoms with Crippen molar-refractivity contribution in [1.29, 1.82) is 5.26 Å². The van der Waals surface area contributed by atoms with Gasteiger partial charge in [-0.05, 0) is 37.5 Å². The van der Waals surface area contributed by atoms with Gasteiger partial charge in [0.2, 0.25) is 5.91 Å². The average molecular weight is 327 g/mol. The lowest BCUT2D eigenvalue weighted by atomic mass is 10.1. The van der Waals surface area contributed by atoms with Crippen LogP contribution in [0.2, 0.25) is 0 Å². The molecule has 1 saturated heterocycles. The maximum Gasteiger partial charge on any atom is 0.228 e. The van der Waals surface area contributed by atoms with Crippen LogP contribution in [-0.4, -0.2) is 54.6 Å². The molecule has 0 N–H and O–H groups in total. The minimum absolute atomic E-state index is 0.0926. The molecule has 1 aromatic carbocycles. The van der Waals surface area contributed by atoms with Crippen molar-refractivity contribution in [3.63, 3.8) is 0 Å². The molecule has 2 atom stereocenters. The van der Waals surface area contributed by atoms with Gasteiger partial charge in [-0.2, -0.15) is 5.26 Å². The quantitative estimate of drug-likeness (QED) is 0.830. The molecule has 0 bridgehead atoms. The minimum atomic E-state index is 0.0926. The summed E-state index contributed by atoms with van der Waals surface area (Å²) in [6.45, 7) is 7.09. The van der Waals surface area contributed by atoms with E-state index in [1.54, 1.807) is 0 Å². The van der Waals surface area contributed by atoms with Crippen LogP contribution in [0.3, 0.4) is 0 Å². The molecule has 0 radical (unpaired) electrons. The lowest BCUT2D eigenvalue weighted by Gasteiger charge is -2.22. The van der Waals surface area contributed by atoms with Gasteiger partial charge in [0.25, 0.3) is 0 Å². The monoisotopic (exact) mass is 327 g/mol. The van der Waals surface area contributed by atoms with Crippen molar-refractivity contribution in [2.24, 2.45) is 5.92 Å². The fourth-order valence-electron chi connectivity index (χ4n) is 3.36. The molecule has 5 heteroatoms. The van der Waals surface area contributed by atoms with Crippen LogP contribution in [0, 0.1) is 17.2 Å². The first-order valence-corrected chi connectivity index (χ1v) is 8.83. The largest absolute Gasteiger partial charge is 0.378 e. The van der Waals surface area contributed by atoms with Crippen molar-refractivity contribution in [2.45, 2.75) is 32.4 Å². The molecule has 1 aromatic rings. The molecule has 5 nitrogen and oxygen atoms in total. The van der Waals surface area contributed by atoms with Gasteiger partial charge in [0.1, 0.15) is 0 Å². The van der Waals surface area contributed by atoms with E-state index in [0.29, 0.717) is 12.2 Å². The van der Waals surface area contributed by atoms with E-state index in [9.17, 15) is 4.79 Å². The summed E-state index contributed by atoms with van der Waals surface area (Å²) >= 11 is 0. The maximum absolute atomic E-state index is 12.5. The molecule has 2 aliphatic rings. The highest BCUT2D eigenvalue weighted by Crippen LogP contribution is 2.35. The van der Waals surface area contributed by atoms with E-state index in [1.807, 2.05) is 36.1 Å². The second-order valence-corrected chi connectivity index (χ2v) is 6.60. The highest BCUT2D eigenvalue weighted by molar-refractivity contribution is 5.82. The van der Waals surface area contributed by atoms with Crippen LogP contribution in [0.4, 0.5) is 0 Å². The zero-order chi connectivity index (χ0) is 16.9. The fraction of sp³-hybridized carbons (Fsp3) is 0.579. The molecule has 1 heterocycles. The van der Waals surface area contributed by atoms with Gasteiger partial charge < -0.3 is 9.64 Å². The molecule has 3 rings (SSSR count). The molecule has 1 saturated carbocycles. The molecule has 24 heavy (non-hydrogen) atoms. The molecule has 2 fully saturated rings. The van der Waals surface area contributed by atoms with E-state index in [1.165, 1.54) is 5.56 Å². The van der Waals surface area contributed by atoms with Crippen molar-refractivity contribution < 1.29 is 9.53 Å². The summed E-state index contributed by atoms with van der Waals surface area (Å²) in [6, 6.07) is 9.91. The molecule has 128 valence electrons. The fourth-order valence-corrected chi connectivity index (χ4v) is 3.36. The van der Waals surface area contributed by atoms with E-state index in [0.717, 1.165) is 45.6 Å². The van der Waals surface area contributed by atoms with E-state index in [-0.39, 0.29) is 17.9 Å². The zero-order valence-electron chi connectivity index (χ0n) is 14.3. The van der Waals surface area contributed by atoms with E-state index < -0.39 is 0 Å². The van der Waals surface area contributed by atoms with Crippen molar-refractivity contribution in [3.05, 3.63) is 35.4 Å². The summed E-state index contributed by atoms with van der Waals surface area (Å²) < 4.78 is 5.55. The van der Waals surface area contributed by atoms with Gasteiger partial charge in [-0.15, -0.1) is 0 Å². The Balaban J connectivity index is 1.50. The maximum atomic E-state index is 12.5. The molecule has 0 aromatic heterocycles. The second kappa shape index (κ2) is 7.78. The van der Waals surface area contributed by atoms with Gasteiger partial charge >= 0.3 is 0 Å². The molecule has 1 amide bonds. The average Bonchev–Trinajstić information content (AvgIpc) is 3.39. The van der Waals surface area contributed by atoms with Crippen LogP contribution < -0.4 is 0 Å². The van der Waals surface area contributed by atoms with Crippen LogP contribution in [0.25, 0.3) is 0 Å². The SMILES string of the molecule is CCO[C@H]1C[C@H]1C(=O)N1CCCN(Cc2ccc(C#N)cc2)CC1. The van der Waals surface area contributed by atoms with Crippen molar-refractivity contribution >= 4 is 5.91 Å². The van der Waals surface area contributed by atoms with Crippen molar-refractivity contribution in [3.8, 4) is 6.07 Å². The van der Waals surface area contributed by atoms with Gasteiger partial charge in [0.05, 0.1) is 23.7 Å². The Bertz CT molecular complexity index is 608. The molecule has 1 aliphatic heterocycles. The van der Waals surface area contributed by atoms with Crippen LogP contribution in [-0.2, 0) is 16.1 Å². The third kappa shape index (κ3) is 4.14. The Morgan fingerprint density at radius 1 is 1.25 bits per heavy atom. The van der Waals surface area contributed by atoms with Crippen LogP contribution >= 0.6 is 0 Å². The van der Waals surface area contributed by atoms with E-state index in [4.69, 9.17) is 10.00 Å². The Labute approximate surface area is 143 Å². The number of hydrogen-bond acceptors (Lipinski definition) is 4. The van der Waals surface area contributed by atoms with Gasteiger partial charge in [0, 0.05) is 39.3 Å². The second-order valence-electron chi connectivity index (χ2n) is 6.60. The molecule has 1 aliphatic carbocycles. The number of amides is 1. The summed E-state index contributed by atoms with van der Waals surface area (Å²) in [4.78, 5) is 16.9.